The molecule has 0 atom stereocenters. The van der Waals surface area contributed by atoms with Gasteiger partial charge in [-0.15, -0.1) is 0 Å². The average Bonchev–Trinajstić information content (AvgIpc) is 3.18. The fraction of sp³-hybridized carbons (Fsp3) is 0.391. The van der Waals surface area contributed by atoms with Crippen molar-refractivity contribution in [2.75, 3.05) is 26.8 Å². The van der Waals surface area contributed by atoms with Crippen LogP contribution >= 0.6 is 11.3 Å². The minimum atomic E-state index is -3.89. The average molecular weight is 555 g/mol. The molecule has 1 aromatic heterocycles. The summed E-state index contributed by atoms with van der Waals surface area (Å²) in [5, 5.41) is 5.25. The van der Waals surface area contributed by atoms with Gasteiger partial charge in [0.05, 0.1) is 26.6 Å². The van der Waals surface area contributed by atoms with Gasteiger partial charge < -0.3 is 9.30 Å². The highest BCUT2D eigenvalue weighted by Gasteiger charge is 2.23. The van der Waals surface area contributed by atoms with Crippen molar-refractivity contribution in [1.82, 2.24) is 8.87 Å². The summed E-state index contributed by atoms with van der Waals surface area (Å²) in [7, 11) is -6.00. The molecule has 3 rings (SSSR count). The lowest BCUT2D eigenvalue weighted by molar-refractivity contribution is 0.0997. The Morgan fingerprint density at radius 1 is 1.08 bits per heavy atom. The molecule has 10 nitrogen and oxygen atoms in total. The van der Waals surface area contributed by atoms with Crippen LogP contribution in [0.3, 0.4) is 0 Å². The van der Waals surface area contributed by atoms with Crippen LogP contribution in [0.5, 0.6) is 0 Å². The number of methoxy groups -OCH3 is 1. The van der Waals surface area contributed by atoms with E-state index in [2.05, 4.69) is 4.99 Å². The van der Waals surface area contributed by atoms with E-state index >= 15 is 0 Å². The maximum Gasteiger partial charge on any atom is 0.279 e. The summed E-state index contributed by atoms with van der Waals surface area (Å²) < 4.78 is 58.3. The molecule has 0 aliphatic heterocycles. The molecule has 1 amide bonds. The number of rotatable bonds is 11. The number of fused-ring (bicyclic) bond motifs is 1. The van der Waals surface area contributed by atoms with Crippen molar-refractivity contribution in [2.45, 2.75) is 43.0 Å². The molecule has 36 heavy (non-hydrogen) atoms. The molecule has 0 radical (unpaired) electrons. The highest BCUT2D eigenvalue weighted by Crippen LogP contribution is 2.22. The second-order valence-corrected chi connectivity index (χ2v) is 12.5. The third-order valence-electron chi connectivity index (χ3n) is 5.55. The van der Waals surface area contributed by atoms with Crippen molar-refractivity contribution in [1.29, 1.82) is 0 Å². The molecule has 0 bridgehead atoms. The summed E-state index contributed by atoms with van der Waals surface area (Å²) in [6, 6.07) is 10.2. The van der Waals surface area contributed by atoms with Crippen LogP contribution in [0, 0.1) is 0 Å². The number of nitrogens with zero attached hydrogens (tertiary/aromatic N) is 3. The molecule has 0 aliphatic carbocycles. The number of benzene rings is 2. The molecule has 0 saturated carbocycles. The van der Waals surface area contributed by atoms with Gasteiger partial charge in [-0.25, -0.2) is 22.0 Å². The lowest BCUT2D eigenvalue weighted by Crippen LogP contribution is -2.31. The van der Waals surface area contributed by atoms with E-state index in [-0.39, 0.29) is 15.4 Å². The Kier molecular flexibility index (Phi) is 9.19. The number of nitrogens with two attached hydrogens (primary N) is 1. The van der Waals surface area contributed by atoms with Crippen LogP contribution in [0.4, 0.5) is 0 Å². The molecule has 0 spiro atoms. The van der Waals surface area contributed by atoms with E-state index in [0.717, 1.165) is 24.2 Å². The SMILES string of the molecule is CCCCN(CC)S(=O)(=O)c1ccc(C(=O)N=c2sc3cc(S(N)(=O)=O)ccc3n2CCOC)cc1. The molecular formula is C23H30N4O6S3. The van der Waals surface area contributed by atoms with Crippen molar-refractivity contribution in [3.8, 4) is 0 Å². The number of carbonyl (C=O) groups excluding carboxylic acids is 1. The van der Waals surface area contributed by atoms with Gasteiger partial charge >= 0.3 is 0 Å². The Bertz CT molecular complexity index is 1510. The molecule has 1 heterocycles. The van der Waals surface area contributed by atoms with Crippen molar-refractivity contribution in [3.63, 3.8) is 0 Å². The second-order valence-electron chi connectivity index (χ2n) is 8.00. The minimum absolute atomic E-state index is 0.0372. The van der Waals surface area contributed by atoms with Crippen LogP contribution in [0.25, 0.3) is 10.2 Å². The Morgan fingerprint density at radius 3 is 2.33 bits per heavy atom. The van der Waals surface area contributed by atoms with E-state index in [1.807, 2.05) is 6.92 Å². The lowest BCUT2D eigenvalue weighted by Gasteiger charge is -2.20. The minimum Gasteiger partial charge on any atom is -0.383 e. The van der Waals surface area contributed by atoms with Crippen LogP contribution in [0.15, 0.2) is 57.2 Å². The third-order valence-corrected chi connectivity index (χ3v) is 9.49. The van der Waals surface area contributed by atoms with Crippen LogP contribution in [0.1, 0.15) is 37.0 Å². The molecule has 13 heteroatoms. The number of thiazole rings is 1. The van der Waals surface area contributed by atoms with Gasteiger partial charge in [0.15, 0.2) is 4.80 Å². The highest BCUT2D eigenvalue weighted by molar-refractivity contribution is 7.89. The predicted molar refractivity (Wildman–Crippen MR) is 139 cm³/mol. The van der Waals surface area contributed by atoms with E-state index < -0.39 is 26.0 Å². The topological polar surface area (TPSA) is 141 Å². The van der Waals surface area contributed by atoms with Crippen LogP contribution in [-0.4, -0.2) is 58.4 Å². The summed E-state index contributed by atoms with van der Waals surface area (Å²) in [6.45, 7) is 5.32. The van der Waals surface area contributed by atoms with E-state index in [4.69, 9.17) is 9.88 Å². The summed E-state index contributed by atoms with van der Waals surface area (Å²) in [4.78, 5) is 17.6. The number of unbranched alkanes of at least 4 members (excludes halogenated alkanes) is 1. The molecule has 3 aromatic rings. The Labute approximate surface area is 215 Å². The van der Waals surface area contributed by atoms with Gasteiger partial charge in [0.25, 0.3) is 5.91 Å². The summed E-state index contributed by atoms with van der Waals surface area (Å²) >= 11 is 1.15. The first-order chi connectivity index (χ1) is 17.0. The number of ether oxygens (including phenoxy) is 1. The highest BCUT2D eigenvalue weighted by atomic mass is 32.2. The number of sulfonamides is 2. The van der Waals surface area contributed by atoms with Gasteiger partial charge in [-0.3, -0.25) is 4.79 Å². The smallest absolute Gasteiger partial charge is 0.279 e. The summed E-state index contributed by atoms with van der Waals surface area (Å²) in [6.07, 6.45) is 1.64. The molecule has 196 valence electrons. The molecule has 0 saturated heterocycles. The van der Waals surface area contributed by atoms with Crippen LogP contribution in [-0.2, 0) is 31.3 Å². The summed E-state index contributed by atoms with van der Waals surface area (Å²) in [5.41, 5.74) is 0.913. The monoisotopic (exact) mass is 554 g/mol. The number of amides is 1. The van der Waals surface area contributed by atoms with Gasteiger partial charge in [0.1, 0.15) is 0 Å². The molecule has 2 N–H and O–H groups in total. The Balaban J connectivity index is 1.98. The number of primary sulfonamides is 1. The van der Waals surface area contributed by atoms with Gasteiger partial charge in [-0.05, 0) is 48.9 Å². The number of carbonyl (C=O) groups is 1. The largest absolute Gasteiger partial charge is 0.383 e. The molecular weight excluding hydrogens is 524 g/mol. The second kappa shape index (κ2) is 11.8. The Hall–Kier alpha value is -2.42. The first-order valence-electron chi connectivity index (χ1n) is 11.4. The van der Waals surface area contributed by atoms with Gasteiger partial charge in [-0.2, -0.15) is 9.30 Å². The number of hydrogen-bond acceptors (Lipinski definition) is 7. The van der Waals surface area contributed by atoms with Crippen LogP contribution < -0.4 is 9.94 Å². The van der Waals surface area contributed by atoms with Crippen molar-refractivity contribution in [2.24, 2.45) is 10.1 Å². The fourth-order valence-corrected chi connectivity index (χ4v) is 6.76. The number of hydrogen-bond donors (Lipinski definition) is 1. The predicted octanol–water partition coefficient (Wildman–Crippen LogP) is 2.55. The maximum absolute atomic E-state index is 13.0. The maximum atomic E-state index is 13.0. The van der Waals surface area contributed by atoms with Crippen LogP contribution in [0.2, 0.25) is 0 Å². The zero-order valence-corrected chi connectivity index (χ0v) is 22.8. The van der Waals surface area contributed by atoms with E-state index in [9.17, 15) is 21.6 Å². The zero-order chi connectivity index (χ0) is 26.5. The van der Waals surface area contributed by atoms with E-state index in [1.165, 1.54) is 40.7 Å². The fourth-order valence-electron chi connectivity index (χ4n) is 3.57. The first kappa shape index (κ1) is 28.2. The van der Waals surface area contributed by atoms with Crippen molar-refractivity contribution >= 4 is 47.5 Å². The van der Waals surface area contributed by atoms with Crippen molar-refractivity contribution in [3.05, 3.63) is 52.8 Å². The third kappa shape index (κ3) is 6.28. The molecule has 0 aliphatic rings. The number of aromatic nitrogens is 1. The van der Waals surface area contributed by atoms with E-state index in [1.54, 1.807) is 24.7 Å². The lowest BCUT2D eigenvalue weighted by atomic mass is 10.2. The Morgan fingerprint density at radius 2 is 1.75 bits per heavy atom. The van der Waals surface area contributed by atoms with Gasteiger partial charge in [-0.1, -0.05) is 31.6 Å². The molecule has 0 fully saturated rings. The normalized spacial score (nSPS) is 13.1. The van der Waals surface area contributed by atoms with Gasteiger partial charge in [0.2, 0.25) is 20.0 Å². The molecule has 0 unspecified atom stereocenters. The summed E-state index contributed by atoms with van der Waals surface area (Å²) in [5.74, 6) is -0.554. The first-order valence-corrected chi connectivity index (χ1v) is 15.2. The standard InChI is InChI=1S/C23H30N4O6S3/c1-4-6-13-26(5-2)36(31,32)18-9-7-17(8-10-18)22(28)25-23-27(14-15-33-3)20-12-11-19(35(24,29)30)16-21(20)34-23/h7-12,16H,4-6,13-15H2,1-3H3,(H2,24,29,30). The quantitative estimate of drug-likeness (QED) is 0.386. The zero-order valence-electron chi connectivity index (χ0n) is 20.4. The van der Waals surface area contributed by atoms with Crippen molar-refractivity contribution < 1.29 is 26.4 Å². The van der Waals surface area contributed by atoms with Gasteiger partial charge in [0, 0.05) is 32.3 Å². The van der Waals surface area contributed by atoms with E-state index in [0.29, 0.717) is 41.3 Å². The molecule has 2 aromatic carbocycles.